The van der Waals surface area contributed by atoms with Gasteiger partial charge in [0.05, 0.1) is 13.3 Å². The molecule has 0 aliphatic carbocycles. The van der Waals surface area contributed by atoms with Crippen LogP contribution in [0, 0.1) is 5.82 Å². The van der Waals surface area contributed by atoms with Crippen molar-refractivity contribution in [1.82, 2.24) is 14.8 Å². The van der Waals surface area contributed by atoms with Crippen LogP contribution in [0.3, 0.4) is 0 Å². The van der Waals surface area contributed by atoms with Crippen molar-refractivity contribution in [2.45, 2.75) is 25.9 Å². The summed E-state index contributed by atoms with van der Waals surface area (Å²) in [5.41, 5.74) is 1.38. The van der Waals surface area contributed by atoms with Gasteiger partial charge in [0.2, 0.25) is 0 Å². The smallest absolute Gasteiger partial charge is 0.144 e. The predicted octanol–water partition coefficient (Wildman–Crippen LogP) is 3.05. The number of hydrogen-bond donors (Lipinski definition) is 1. The molecule has 1 unspecified atom stereocenters. The van der Waals surface area contributed by atoms with Crippen LogP contribution in [-0.2, 0) is 0 Å². The molecule has 30 heavy (non-hydrogen) atoms. The Hall–Kier alpha value is -2.22. The third kappa shape index (κ3) is 6.39. The number of methoxy groups -OCH3 is 1. The quantitative estimate of drug-likeness (QED) is 0.677. The highest BCUT2D eigenvalue weighted by Gasteiger charge is 2.18. The molecule has 1 saturated heterocycles. The van der Waals surface area contributed by atoms with E-state index in [1.165, 1.54) is 12.1 Å². The molecule has 1 aromatic heterocycles. The summed E-state index contributed by atoms with van der Waals surface area (Å²) in [6, 6.07) is 6.29. The standard InChI is InChI=1S/C23H32FN3O3/c1-3-7-26-8-4-9-27(11-10-26)16-20(28)17-30-21-13-18(12-19(24)14-21)22-5-6-25-15-23(22)29-2/h5-6,12-15,20,28H,3-4,7-11,16-17H2,1-2H3. The van der Waals surface area contributed by atoms with Crippen LogP contribution in [-0.4, -0.2) is 79.0 Å². The Kier molecular flexibility index (Phi) is 8.42. The lowest BCUT2D eigenvalue weighted by molar-refractivity contribution is 0.0692. The second kappa shape index (κ2) is 11.2. The van der Waals surface area contributed by atoms with Gasteiger partial charge in [-0.3, -0.25) is 9.88 Å². The third-order valence-corrected chi connectivity index (χ3v) is 5.32. The number of nitrogens with zero attached hydrogens (tertiary/aromatic N) is 3. The maximum atomic E-state index is 14.2. The first-order valence-electron chi connectivity index (χ1n) is 10.6. The largest absolute Gasteiger partial charge is 0.494 e. The number of aliphatic hydroxyl groups excluding tert-OH is 1. The molecule has 1 aromatic carbocycles. The molecule has 1 N–H and O–H groups in total. The second-order valence-corrected chi connectivity index (χ2v) is 7.71. The highest BCUT2D eigenvalue weighted by Crippen LogP contribution is 2.32. The van der Waals surface area contributed by atoms with Crippen molar-refractivity contribution in [3.05, 3.63) is 42.5 Å². The van der Waals surface area contributed by atoms with Crippen molar-refractivity contribution < 1.29 is 19.0 Å². The van der Waals surface area contributed by atoms with Crippen molar-refractivity contribution >= 4 is 0 Å². The Balaban J connectivity index is 1.57. The average Bonchev–Trinajstić information content (AvgIpc) is 2.97. The summed E-state index contributed by atoms with van der Waals surface area (Å²) in [6.45, 7) is 8.07. The number of aromatic nitrogens is 1. The van der Waals surface area contributed by atoms with Crippen molar-refractivity contribution in [3.63, 3.8) is 0 Å². The SMILES string of the molecule is CCCN1CCCN(CC(O)COc2cc(F)cc(-c3ccncc3OC)c2)CC1. The van der Waals surface area contributed by atoms with Gasteiger partial charge in [0.15, 0.2) is 0 Å². The minimum absolute atomic E-state index is 0.117. The van der Waals surface area contributed by atoms with E-state index in [1.54, 1.807) is 31.6 Å². The van der Waals surface area contributed by atoms with E-state index in [2.05, 4.69) is 21.7 Å². The highest BCUT2D eigenvalue weighted by atomic mass is 19.1. The van der Waals surface area contributed by atoms with Crippen LogP contribution in [0.4, 0.5) is 4.39 Å². The lowest BCUT2D eigenvalue weighted by Gasteiger charge is -2.24. The van der Waals surface area contributed by atoms with Crippen LogP contribution in [0.5, 0.6) is 11.5 Å². The molecular weight excluding hydrogens is 385 g/mol. The van der Waals surface area contributed by atoms with Gasteiger partial charge >= 0.3 is 0 Å². The number of aliphatic hydroxyl groups is 1. The summed E-state index contributed by atoms with van der Waals surface area (Å²) in [4.78, 5) is 8.79. The Morgan fingerprint density at radius 2 is 1.97 bits per heavy atom. The summed E-state index contributed by atoms with van der Waals surface area (Å²) >= 11 is 0. The van der Waals surface area contributed by atoms with E-state index in [4.69, 9.17) is 9.47 Å². The van der Waals surface area contributed by atoms with Crippen molar-refractivity contribution in [3.8, 4) is 22.6 Å². The topological polar surface area (TPSA) is 58.1 Å². The molecule has 3 rings (SSSR count). The van der Waals surface area contributed by atoms with Crippen molar-refractivity contribution in [1.29, 1.82) is 0 Å². The number of hydrogen-bond acceptors (Lipinski definition) is 6. The Morgan fingerprint density at radius 1 is 1.17 bits per heavy atom. The Labute approximate surface area is 178 Å². The first-order chi connectivity index (χ1) is 14.6. The molecule has 0 bridgehead atoms. The Bertz CT molecular complexity index is 805. The zero-order valence-corrected chi connectivity index (χ0v) is 17.9. The number of pyridine rings is 1. The zero-order chi connectivity index (χ0) is 21.3. The van der Waals surface area contributed by atoms with E-state index in [-0.39, 0.29) is 6.61 Å². The van der Waals surface area contributed by atoms with Gasteiger partial charge in [0, 0.05) is 37.5 Å². The van der Waals surface area contributed by atoms with Crippen LogP contribution < -0.4 is 9.47 Å². The number of β-amino-alcohol motifs (C(OH)–C–C–N with tert-alkyl or cyclic N) is 1. The van der Waals surface area contributed by atoms with Crippen LogP contribution in [0.25, 0.3) is 11.1 Å². The summed E-state index contributed by atoms with van der Waals surface area (Å²) in [6.07, 6.45) is 4.86. The monoisotopic (exact) mass is 417 g/mol. The summed E-state index contributed by atoms with van der Waals surface area (Å²) < 4.78 is 25.2. The molecule has 0 amide bonds. The van der Waals surface area contributed by atoms with E-state index in [0.29, 0.717) is 23.6 Å². The molecule has 2 heterocycles. The van der Waals surface area contributed by atoms with Gasteiger partial charge in [0.1, 0.15) is 30.0 Å². The van der Waals surface area contributed by atoms with Gasteiger partial charge < -0.3 is 19.5 Å². The molecule has 1 aliphatic rings. The predicted molar refractivity (Wildman–Crippen MR) is 115 cm³/mol. The van der Waals surface area contributed by atoms with Gasteiger partial charge in [-0.2, -0.15) is 0 Å². The summed E-state index contributed by atoms with van der Waals surface area (Å²) in [5.74, 6) is 0.541. The fourth-order valence-corrected chi connectivity index (χ4v) is 3.87. The number of rotatable bonds is 9. The summed E-state index contributed by atoms with van der Waals surface area (Å²) in [5, 5.41) is 10.5. The minimum atomic E-state index is -0.634. The molecular formula is C23H32FN3O3. The van der Waals surface area contributed by atoms with Gasteiger partial charge in [-0.25, -0.2) is 4.39 Å². The lowest BCUT2D eigenvalue weighted by Crippen LogP contribution is -2.38. The van der Waals surface area contributed by atoms with Crippen molar-refractivity contribution in [2.24, 2.45) is 0 Å². The fraction of sp³-hybridized carbons (Fsp3) is 0.522. The molecule has 1 atom stereocenters. The van der Waals surface area contributed by atoms with E-state index < -0.39 is 11.9 Å². The Morgan fingerprint density at radius 3 is 2.77 bits per heavy atom. The normalized spacial score (nSPS) is 16.8. The lowest BCUT2D eigenvalue weighted by atomic mass is 10.1. The van der Waals surface area contributed by atoms with Crippen molar-refractivity contribution in [2.75, 3.05) is 53.0 Å². The number of halogens is 1. The molecule has 0 saturated carbocycles. The first kappa shape index (κ1) is 22.5. The average molecular weight is 418 g/mol. The molecule has 7 heteroatoms. The molecule has 6 nitrogen and oxygen atoms in total. The molecule has 0 spiro atoms. The van der Waals surface area contributed by atoms with Crippen LogP contribution in [0.15, 0.2) is 36.7 Å². The third-order valence-electron chi connectivity index (χ3n) is 5.32. The van der Waals surface area contributed by atoms with Gasteiger partial charge in [0.25, 0.3) is 0 Å². The second-order valence-electron chi connectivity index (χ2n) is 7.71. The fourth-order valence-electron chi connectivity index (χ4n) is 3.87. The van der Waals surface area contributed by atoms with Gasteiger partial charge in [-0.05, 0) is 56.2 Å². The molecule has 1 fully saturated rings. The van der Waals surface area contributed by atoms with Crippen LogP contribution in [0.2, 0.25) is 0 Å². The zero-order valence-electron chi connectivity index (χ0n) is 17.9. The maximum Gasteiger partial charge on any atom is 0.144 e. The number of ether oxygens (including phenoxy) is 2. The van der Waals surface area contributed by atoms with Crippen LogP contribution in [0.1, 0.15) is 19.8 Å². The first-order valence-corrected chi connectivity index (χ1v) is 10.6. The van der Waals surface area contributed by atoms with E-state index in [9.17, 15) is 9.50 Å². The van der Waals surface area contributed by atoms with E-state index >= 15 is 0 Å². The molecule has 0 radical (unpaired) electrons. The van der Waals surface area contributed by atoms with E-state index in [0.717, 1.165) is 51.1 Å². The number of benzene rings is 1. The van der Waals surface area contributed by atoms with Crippen LogP contribution >= 0.6 is 0 Å². The molecule has 1 aliphatic heterocycles. The summed E-state index contributed by atoms with van der Waals surface area (Å²) in [7, 11) is 1.55. The molecule has 2 aromatic rings. The van der Waals surface area contributed by atoms with E-state index in [1.807, 2.05) is 0 Å². The molecule has 164 valence electrons. The minimum Gasteiger partial charge on any atom is -0.494 e. The highest BCUT2D eigenvalue weighted by molar-refractivity contribution is 5.70. The maximum absolute atomic E-state index is 14.2. The van der Waals surface area contributed by atoms with Gasteiger partial charge in [-0.15, -0.1) is 0 Å². The van der Waals surface area contributed by atoms with Gasteiger partial charge in [-0.1, -0.05) is 6.92 Å².